The van der Waals surface area contributed by atoms with E-state index in [1.54, 1.807) is 0 Å². The summed E-state index contributed by atoms with van der Waals surface area (Å²) in [4.78, 5) is 2.68. The van der Waals surface area contributed by atoms with Crippen molar-refractivity contribution < 1.29 is 0 Å². The van der Waals surface area contributed by atoms with Crippen LogP contribution in [0.15, 0.2) is 0 Å². The maximum Gasteiger partial charge on any atom is 0.0192 e. The number of nitrogens with one attached hydrogen (secondary N) is 1. The standard InChI is InChI=1S/C14H30N2/c1-4-6-9-15-11-13(3)16-10-7-8-14(5-2)12-16/h13-15H,4-12H2,1-3H3. The van der Waals surface area contributed by atoms with Crippen molar-refractivity contribution in [1.82, 2.24) is 10.2 Å². The maximum absolute atomic E-state index is 3.57. The van der Waals surface area contributed by atoms with Crippen molar-refractivity contribution >= 4 is 0 Å². The van der Waals surface area contributed by atoms with Gasteiger partial charge in [0.25, 0.3) is 0 Å². The van der Waals surface area contributed by atoms with Gasteiger partial charge in [-0.3, -0.25) is 4.90 Å². The van der Waals surface area contributed by atoms with Crippen LogP contribution in [0.25, 0.3) is 0 Å². The van der Waals surface area contributed by atoms with Crippen LogP contribution >= 0.6 is 0 Å². The van der Waals surface area contributed by atoms with Crippen LogP contribution in [-0.4, -0.2) is 37.1 Å². The van der Waals surface area contributed by atoms with E-state index in [9.17, 15) is 0 Å². The Morgan fingerprint density at radius 1 is 1.38 bits per heavy atom. The lowest BCUT2D eigenvalue weighted by molar-refractivity contribution is 0.128. The summed E-state index contributed by atoms with van der Waals surface area (Å²) in [6.45, 7) is 11.9. The lowest BCUT2D eigenvalue weighted by atomic mass is 9.94. The number of rotatable bonds is 7. The zero-order valence-corrected chi connectivity index (χ0v) is 11.5. The Morgan fingerprint density at radius 2 is 2.19 bits per heavy atom. The minimum atomic E-state index is 0.714. The highest BCUT2D eigenvalue weighted by Crippen LogP contribution is 2.20. The minimum Gasteiger partial charge on any atom is -0.315 e. The average Bonchev–Trinajstić information content (AvgIpc) is 2.34. The highest BCUT2D eigenvalue weighted by molar-refractivity contribution is 4.77. The molecule has 1 heterocycles. The molecule has 1 rings (SSSR count). The number of hydrogen-bond donors (Lipinski definition) is 1. The molecule has 2 heteroatoms. The Balaban J connectivity index is 2.16. The SMILES string of the molecule is CCCCNCC(C)N1CCCC(CC)C1. The molecule has 0 aromatic heterocycles. The predicted octanol–water partition coefficient (Wildman–Crippen LogP) is 2.89. The summed E-state index contributed by atoms with van der Waals surface area (Å²) in [6.07, 6.45) is 6.81. The molecule has 1 N–H and O–H groups in total. The predicted molar refractivity (Wildman–Crippen MR) is 71.8 cm³/mol. The summed E-state index contributed by atoms with van der Waals surface area (Å²) in [7, 11) is 0. The van der Waals surface area contributed by atoms with E-state index in [0.717, 1.165) is 12.5 Å². The lowest BCUT2D eigenvalue weighted by Gasteiger charge is -2.36. The van der Waals surface area contributed by atoms with Gasteiger partial charge in [0.1, 0.15) is 0 Å². The molecular formula is C14H30N2. The molecule has 16 heavy (non-hydrogen) atoms. The van der Waals surface area contributed by atoms with E-state index in [1.807, 2.05) is 0 Å². The Morgan fingerprint density at radius 3 is 2.88 bits per heavy atom. The molecule has 1 saturated heterocycles. The fourth-order valence-electron chi connectivity index (χ4n) is 2.57. The lowest BCUT2D eigenvalue weighted by Crippen LogP contribution is -2.45. The molecule has 0 radical (unpaired) electrons. The van der Waals surface area contributed by atoms with Crippen LogP contribution in [0.1, 0.15) is 52.9 Å². The molecule has 0 spiro atoms. The fourth-order valence-corrected chi connectivity index (χ4v) is 2.57. The van der Waals surface area contributed by atoms with Crippen LogP contribution in [0.5, 0.6) is 0 Å². The highest BCUT2D eigenvalue weighted by atomic mass is 15.2. The first-order chi connectivity index (χ1) is 7.77. The quantitative estimate of drug-likeness (QED) is 0.672. The summed E-state index contributed by atoms with van der Waals surface area (Å²) in [5, 5.41) is 3.57. The third kappa shape index (κ3) is 4.84. The number of hydrogen-bond acceptors (Lipinski definition) is 2. The van der Waals surface area contributed by atoms with Gasteiger partial charge in [-0.15, -0.1) is 0 Å². The second-order valence-corrected chi connectivity index (χ2v) is 5.32. The van der Waals surface area contributed by atoms with Gasteiger partial charge in [-0.1, -0.05) is 26.7 Å². The van der Waals surface area contributed by atoms with Gasteiger partial charge in [-0.05, 0) is 45.2 Å². The second-order valence-electron chi connectivity index (χ2n) is 5.32. The maximum atomic E-state index is 3.57. The van der Waals surface area contributed by atoms with Gasteiger partial charge in [0.05, 0.1) is 0 Å². The van der Waals surface area contributed by atoms with Gasteiger partial charge in [-0.25, -0.2) is 0 Å². The summed E-state index contributed by atoms with van der Waals surface area (Å²) >= 11 is 0. The topological polar surface area (TPSA) is 15.3 Å². The summed E-state index contributed by atoms with van der Waals surface area (Å²) in [5.41, 5.74) is 0. The molecule has 1 aliphatic heterocycles. The van der Waals surface area contributed by atoms with Gasteiger partial charge < -0.3 is 5.32 Å². The van der Waals surface area contributed by atoms with E-state index in [-0.39, 0.29) is 0 Å². The first-order valence-corrected chi connectivity index (χ1v) is 7.22. The van der Waals surface area contributed by atoms with Crippen LogP contribution in [0.2, 0.25) is 0 Å². The molecule has 1 aliphatic rings. The van der Waals surface area contributed by atoms with Gasteiger partial charge in [0, 0.05) is 19.1 Å². The zero-order chi connectivity index (χ0) is 11.8. The van der Waals surface area contributed by atoms with Gasteiger partial charge in [-0.2, -0.15) is 0 Å². The first-order valence-electron chi connectivity index (χ1n) is 7.22. The molecule has 0 aliphatic carbocycles. The van der Waals surface area contributed by atoms with Crippen molar-refractivity contribution in [1.29, 1.82) is 0 Å². The van der Waals surface area contributed by atoms with E-state index in [2.05, 4.69) is 31.0 Å². The molecule has 1 fully saturated rings. The van der Waals surface area contributed by atoms with E-state index in [1.165, 1.54) is 51.7 Å². The zero-order valence-electron chi connectivity index (χ0n) is 11.5. The third-order valence-corrected chi connectivity index (χ3v) is 3.90. The Kier molecular flexibility index (Phi) is 7.06. The van der Waals surface area contributed by atoms with Gasteiger partial charge in [0.2, 0.25) is 0 Å². The molecule has 0 amide bonds. The van der Waals surface area contributed by atoms with Crippen LogP contribution in [0.4, 0.5) is 0 Å². The Labute approximate surface area is 102 Å². The van der Waals surface area contributed by atoms with E-state index in [4.69, 9.17) is 0 Å². The Hall–Kier alpha value is -0.0800. The van der Waals surface area contributed by atoms with Crippen LogP contribution in [-0.2, 0) is 0 Å². The molecule has 0 saturated carbocycles. The highest BCUT2D eigenvalue weighted by Gasteiger charge is 2.21. The molecule has 0 aromatic rings. The normalized spacial score (nSPS) is 24.6. The third-order valence-electron chi connectivity index (χ3n) is 3.90. The number of piperidine rings is 1. The van der Waals surface area contributed by atoms with Crippen molar-refractivity contribution in [3.8, 4) is 0 Å². The molecule has 96 valence electrons. The van der Waals surface area contributed by atoms with E-state index >= 15 is 0 Å². The molecule has 0 bridgehead atoms. The Bertz CT molecular complexity index is 170. The molecule has 2 nitrogen and oxygen atoms in total. The smallest absolute Gasteiger partial charge is 0.0192 e. The summed E-state index contributed by atoms with van der Waals surface area (Å²) in [6, 6.07) is 0.714. The number of likely N-dealkylation sites (tertiary alicyclic amines) is 1. The minimum absolute atomic E-state index is 0.714. The van der Waals surface area contributed by atoms with Crippen LogP contribution in [0, 0.1) is 5.92 Å². The number of nitrogens with zero attached hydrogens (tertiary/aromatic N) is 1. The van der Waals surface area contributed by atoms with Gasteiger partial charge >= 0.3 is 0 Å². The summed E-state index contributed by atoms with van der Waals surface area (Å²) < 4.78 is 0. The number of unbranched alkanes of at least 4 members (excludes halogenated alkanes) is 1. The molecule has 2 atom stereocenters. The van der Waals surface area contributed by atoms with E-state index in [0.29, 0.717) is 6.04 Å². The average molecular weight is 226 g/mol. The van der Waals surface area contributed by atoms with E-state index < -0.39 is 0 Å². The van der Waals surface area contributed by atoms with Crippen molar-refractivity contribution in [2.75, 3.05) is 26.2 Å². The van der Waals surface area contributed by atoms with Crippen molar-refractivity contribution in [2.24, 2.45) is 5.92 Å². The second kappa shape index (κ2) is 8.08. The summed E-state index contributed by atoms with van der Waals surface area (Å²) in [5.74, 6) is 0.951. The molecule has 2 unspecified atom stereocenters. The van der Waals surface area contributed by atoms with Crippen molar-refractivity contribution in [3.63, 3.8) is 0 Å². The molecule has 0 aromatic carbocycles. The van der Waals surface area contributed by atoms with Crippen LogP contribution in [0.3, 0.4) is 0 Å². The van der Waals surface area contributed by atoms with Crippen molar-refractivity contribution in [2.45, 2.75) is 58.9 Å². The first kappa shape index (κ1) is 14.0. The van der Waals surface area contributed by atoms with Crippen molar-refractivity contribution in [3.05, 3.63) is 0 Å². The van der Waals surface area contributed by atoms with Gasteiger partial charge in [0.15, 0.2) is 0 Å². The fraction of sp³-hybridized carbons (Fsp3) is 1.00. The monoisotopic (exact) mass is 226 g/mol. The largest absolute Gasteiger partial charge is 0.315 e. The van der Waals surface area contributed by atoms with Crippen LogP contribution < -0.4 is 5.32 Å². The molecular weight excluding hydrogens is 196 g/mol.